The Hall–Kier alpha value is -2.27. The number of aromatic nitrogens is 1. The summed E-state index contributed by atoms with van der Waals surface area (Å²) < 4.78 is 0. The van der Waals surface area contributed by atoms with Crippen molar-refractivity contribution in [3.8, 4) is 0 Å². The van der Waals surface area contributed by atoms with Gasteiger partial charge in [0.05, 0.1) is 23.5 Å². The molecule has 6 heteroatoms. The SMILES string of the molecule is CC(c1ccccc1Cl)N(C)c1ncc(N)cc1C(N)=O. The molecule has 4 N–H and O–H groups in total. The summed E-state index contributed by atoms with van der Waals surface area (Å²) in [6.45, 7) is 1.98. The average molecular weight is 305 g/mol. The van der Waals surface area contributed by atoms with Gasteiger partial charge in [-0.15, -0.1) is 0 Å². The minimum absolute atomic E-state index is 0.0760. The van der Waals surface area contributed by atoms with Crippen LogP contribution in [0.1, 0.15) is 28.9 Å². The lowest BCUT2D eigenvalue weighted by Gasteiger charge is -2.28. The molecule has 1 aromatic carbocycles. The number of benzene rings is 1. The predicted octanol–water partition coefficient (Wildman–Crippen LogP) is 2.61. The van der Waals surface area contributed by atoms with Crippen molar-refractivity contribution in [3.63, 3.8) is 0 Å². The summed E-state index contributed by atoms with van der Waals surface area (Å²) in [6.07, 6.45) is 1.50. The monoisotopic (exact) mass is 304 g/mol. The lowest BCUT2D eigenvalue weighted by atomic mass is 10.1. The molecule has 0 radical (unpaired) electrons. The Labute approximate surface area is 128 Å². The number of amides is 1. The van der Waals surface area contributed by atoms with Crippen molar-refractivity contribution in [2.24, 2.45) is 5.73 Å². The maximum Gasteiger partial charge on any atom is 0.252 e. The third kappa shape index (κ3) is 3.08. The molecule has 1 heterocycles. The molecular weight excluding hydrogens is 288 g/mol. The van der Waals surface area contributed by atoms with Crippen LogP contribution in [-0.4, -0.2) is 17.9 Å². The zero-order valence-corrected chi connectivity index (χ0v) is 12.6. The number of hydrogen-bond donors (Lipinski definition) is 2. The first-order chi connectivity index (χ1) is 9.91. The van der Waals surface area contributed by atoms with Gasteiger partial charge in [0.2, 0.25) is 0 Å². The third-order valence-electron chi connectivity index (χ3n) is 3.42. The van der Waals surface area contributed by atoms with Gasteiger partial charge in [-0.1, -0.05) is 29.8 Å². The lowest BCUT2D eigenvalue weighted by molar-refractivity contribution is 0.100. The summed E-state index contributed by atoms with van der Waals surface area (Å²) in [5, 5.41) is 0.660. The molecule has 0 saturated heterocycles. The summed E-state index contributed by atoms with van der Waals surface area (Å²) in [6, 6.07) is 9.00. The van der Waals surface area contributed by atoms with Crippen LogP contribution in [-0.2, 0) is 0 Å². The van der Waals surface area contributed by atoms with E-state index in [0.717, 1.165) is 5.56 Å². The number of nitrogen functional groups attached to an aromatic ring is 1. The molecule has 2 aromatic rings. The quantitative estimate of drug-likeness (QED) is 0.909. The van der Waals surface area contributed by atoms with E-state index >= 15 is 0 Å². The highest BCUT2D eigenvalue weighted by Crippen LogP contribution is 2.30. The highest BCUT2D eigenvalue weighted by atomic mass is 35.5. The minimum Gasteiger partial charge on any atom is -0.397 e. The van der Waals surface area contributed by atoms with Crippen molar-refractivity contribution in [2.45, 2.75) is 13.0 Å². The van der Waals surface area contributed by atoms with Gasteiger partial charge in [0.25, 0.3) is 5.91 Å². The van der Waals surface area contributed by atoms with Gasteiger partial charge in [-0.2, -0.15) is 0 Å². The number of carbonyl (C=O) groups excluding carboxylic acids is 1. The van der Waals surface area contributed by atoms with Crippen molar-refractivity contribution < 1.29 is 4.79 Å². The molecule has 5 nitrogen and oxygen atoms in total. The van der Waals surface area contributed by atoms with Crippen molar-refractivity contribution in [3.05, 3.63) is 52.7 Å². The second kappa shape index (κ2) is 6.01. The fourth-order valence-electron chi connectivity index (χ4n) is 2.14. The van der Waals surface area contributed by atoms with Crippen LogP contribution in [0.5, 0.6) is 0 Å². The van der Waals surface area contributed by atoms with Gasteiger partial charge in [-0.25, -0.2) is 4.98 Å². The maximum atomic E-state index is 11.6. The van der Waals surface area contributed by atoms with Crippen LogP contribution in [0.25, 0.3) is 0 Å². The first-order valence-electron chi connectivity index (χ1n) is 6.44. The van der Waals surface area contributed by atoms with E-state index in [0.29, 0.717) is 16.5 Å². The minimum atomic E-state index is -0.567. The van der Waals surface area contributed by atoms with Crippen LogP contribution < -0.4 is 16.4 Å². The van der Waals surface area contributed by atoms with E-state index in [2.05, 4.69) is 4.98 Å². The highest BCUT2D eigenvalue weighted by molar-refractivity contribution is 6.31. The number of halogens is 1. The number of carbonyl (C=O) groups is 1. The predicted molar refractivity (Wildman–Crippen MR) is 85.4 cm³/mol. The van der Waals surface area contributed by atoms with Gasteiger partial charge in [0.1, 0.15) is 5.82 Å². The van der Waals surface area contributed by atoms with Gasteiger partial charge < -0.3 is 16.4 Å². The Morgan fingerprint density at radius 2 is 2.05 bits per heavy atom. The van der Waals surface area contributed by atoms with Gasteiger partial charge in [0, 0.05) is 12.1 Å². The molecule has 1 amide bonds. The van der Waals surface area contributed by atoms with Crippen LogP contribution in [0.2, 0.25) is 5.02 Å². The first kappa shape index (κ1) is 15.1. The highest BCUT2D eigenvalue weighted by Gasteiger charge is 2.20. The van der Waals surface area contributed by atoms with Crippen LogP contribution >= 0.6 is 11.6 Å². The number of nitrogens with zero attached hydrogens (tertiary/aromatic N) is 2. The van der Waals surface area contributed by atoms with Crippen molar-refractivity contribution in [1.29, 1.82) is 0 Å². The number of rotatable bonds is 4. The van der Waals surface area contributed by atoms with Crippen molar-refractivity contribution in [1.82, 2.24) is 4.98 Å². The summed E-state index contributed by atoms with van der Waals surface area (Å²) in [5.74, 6) is -0.0906. The number of hydrogen-bond acceptors (Lipinski definition) is 4. The Morgan fingerprint density at radius 1 is 1.38 bits per heavy atom. The average Bonchev–Trinajstić information content (AvgIpc) is 2.46. The van der Waals surface area contributed by atoms with E-state index in [1.165, 1.54) is 12.3 Å². The summed E-state index contributed by atoms with van der Waals surface area (Å²) in [5.41, 5.74) is 12.7. The lowest BCUT2D eigenvalue weighted by Crippen LogP contribution is -2.26. The van der Waals surface area contributed by atoms with Crippen LogP contribution in [0.4, 0.5) is 11.5 Å². The molecule has 1 aromatic heterocycles. The number of nitrogens with two attached hydrogens (primary N) is 2. The number of primary amides is 1. The Bertz CT molecular complexity index is 674. The van der Waals surface area contributed by atoms with Gasteiger partial charge in [-0.05, 0) is 24.6 Å². The fraction of sp³-hybridized carbons (Fsp3) is 0.200. The van der Waals surface area contributed by atoms with E-state index in [9.17, 15) is 4.79 Å². The molecule has 0 saturated carbocycles. The molecule has 110 valence electrons. The molecule has 0 aliphatic rings. The third-order valence-corrected chi connectivity index (χ3v) is 3.77. The fourth-order valence-corrected chi connectivity index (χ4v) is 2.44. The van der Waals surface area contributed by atoms with Crippen LogP contribution in [0.3, 0.4) is 0 Å². The van der Waals surface area contributed by atoms with Crippen molar-refractivity contribution in [2.75, 3.05) is 17.7 Å². The summed E-state index contributed by atoms with van der Waals surface area (Å²) in [4.78, 5) is 17.7. The van der Waals surface area contributed by atoms with Gasteiger partial charge in [0.15, 0.2) is 0 Å². The Kier molecular flexibility index (Phi) is 4.33. The second-order valence-corrected chi connectivity index (χ2v) is 5.22. The van der Waals surface area contributed by atoms with E-state index in [-0.39, 0.29) is 11.6 Å². The summed E-state index contributed by atoms with van der Waals surface area (Å²) >= 11 is 6.22. The Balaban J connectivity index is 2.43. The second-order valence-electron chi connectivity index (χ2n) is 4.81. The molecule has 2 rings (SSSR count). The molecule has 0 aliphatic carbocycles. The summed E-state index contributed by atoms with van der Waals surface area (Å²) in [7, 11) is 1.83. The largest absolute Gasteiger partial charge is 0.397 e. The molecule has 0 bridgehead atoms. The maximum absolute atomic E-state index is 11.6. The molecule has 1 atom stereocenters. The van der Waals surface area contributed by atoms with E-state index in [1.807, 2.05) is 43.1 Å². The van der Waals surface area contributed by atoms with Crippen LogP contribution in [0, 0.1) is 0 Å². The zero-order chi connectivity index (χ0) is 15.6. The number of anilines is 2. The van der Waals surface area contributed by atoms with E-state index in [1.54, 1.807) is 0 Å². The standard InChI is InChI=1S/C15H17ClN4O/c1-9(11-5-3-4-6-13(11)16)20(2)15-12(14(18)21)7-10(17)8-19-15/h3-9H,17H2,1-2H3,(H2,18,21). The number of pyridine rings is 1. The molecule has 0 spiro atoms. The molecule has 21 heavy (non-hydrogen) atoms. The molecular formula is C15H17ClN4O. The molecule has 0 aliphatic heterocycles. The van der Waals surface area contributed by atoms with Crippen molar-refractivity contribution >= 4 is 29.0 Å². The molecule has 0 fully saturated rings. The topological polar surface area (TPSA) is 85.2 Å². The normalized spacial score (nSPS) is 12.0. The first-order valence-corrected chi connectivity index (χ1v) is 6.82. The molecule has 1 unspecified atom stereocenters. The van der Waals surface area contributed by atoms with Gasteiger partial charge >= 0.3 is 0 Å². The van der Waals surface area contributed by atoms with E-state index < -0.39 is 5.91 Å². The smallest absolute Gasteiger partial charge is 0.252 e. The van der Waals surface area contributed by atoms with Crippen LogP contribution in [0.15, 0.2) is 36.5 Å². The Morgan fingerprint density at radius 3 is 2.67 bits per heavy atom. The van der Waals surface area contributed by atoms with E-state index in [4.69, 9.17) is 23.1 Å². The van der Waals surface area contributed by atoms with Gasteiger partial charge in [-0.3, -0.25) is 4.79 Å². The zero-order valence-electron chi connectivity index (χ0n) is 11.9.